The van der Waals surface area contributed by atoms with Crippen molar-refractivity contribution in [2.24, 2.45) is 0 Å². The summed E-state index contributed by atoms with van der Waals surface area (Å²) in [6, 6.07) is 8.15. The number of nitrogens with one attached hydrogen (secondary N) is 1. The summed E-state index contributed by atoms with van der Waals surface area (Å²) in [5, 5.41) is 3.59. The van der Waals surface area contributed by atoms with Gasteiger partial charge in [0.05, 0.1) is 12.8 Å². The average molecular weight is 341 g/mol. The van der Waals surface area contributed by atoms with Crippen molar-refractivity contribution in [2.75, 3.05) is 19.6 Å². The molecule has 0 unspecified atom stereocenters. The van der Waals surface area contributed by atoms with Crippen LogP contribution in [0.15, 0.2) is 39.7 Å². The standard InChI is InChI=1S/C20H27N3O2/c24-20-8-5-16-14-17(21-15-18-4-3-13-25-18)6-7-19(16)23(20)12-11-22-9-1-2-10-22/h3-5,8,13,17,21H,1-2,6-7,9-12,14-15H2/t17-/m1/s1. The smallest absolute Gasteiger partial charge is 0.250 e. The molecule has 0 radical (unpaired) electrons. The lowest BCUT2D eigenvalue weighted by atomic mass is 9.91. The SMILES string of the molecule is O=c1ccc2c(n1CCN1CCCC1)CC[C@@H](NCc1ccco1)C2. The number of furan rings is 1. The Morgan fingerprint density at radius 3 is 2.84 bits per heavy atom. The monoisotopic (exact) mass is 341 g/mol. The Labute approximate surface area is 148 Å². The molecule has 0 aromatic carbocycles. The minimum atomic E-state index is 0.153. The van der Waals surface area contributed by atoms with Gasteiger partial charge in [0.15, 0.2) is 0 Å². The Bertz CT molecular complexity index is 745. The van der Waals surface area contributed by atoms with E-state index in [1.807, 2.05) is 22.8 Å². The third-order valence-electron chi connectivity index (χ3n) is 5.57. The molecular weight excluding hydrogens is 314 g/mol. The van der Waals surface area contributed by atoms with Gasteiger partial charge in [0.2, 0.25) is 0 Å². The van der Waals surface area contributed by atoms with Crippen LogP contribution in [0.2, 0.25) is 0 Å². The van der Waals surface area contributed by atoms with Crippen LogP contribution in [-0.4, -0.2) is 35.1 Å². The van der Waals surface area contributed by atoms with Crippen molar-refractivity contribution in [3.8, 4) is 0 Å². The number of hydrogen-bond acceptors (Lipinski definition) is 4. The Balaban J connectivity index is 1.41. The van der Waals surface area contributed by atoms with Crippen molar-refractivity contribution in [3.05, 3.63) is 57.9 Å². The van der Waals surface area contributed by atoms with Crippen LogP contribution in [0.4, 0.5) is 0 Å². The molecule has 1 atom stereocenters. The average Bonchev–Trinajstić information content (AvgIpc) is 3.33. The van der Waals surface area contributed by atoms with Crippen LogP contribution in [0.5, 0.6) is 0 Å². The maximum absolute atomic E-state index is 12.4. The van der Waals surface area contributed by atoms with Crippen LogP contribution in [0.3, 0.4) is 0 Å². The number of nitrogens with zero attached hydrogens (tertiary/aromatic N) is 2. The number of hydrogen-bond donors (Lipinski definition) is 1. The highest BCUT2D eigenvalue weighted by atomic mass is 16.3. The van der Waals surface area contributed by atoms with Crippen molar-refractivity contribution < 1.29 is 4.42 Å². The molecule has 5 nitrogen and oxygen atoms in total. The molecule has 25 heavy (non-hydrogen) atoms. The first-order valence-corrected chi connectivity index (χ1v) is 9.49. The summed E-state index contributed by atoms with van der Waals surface area (Å²) in [7, 11) is 0. The van der Waals surface area contributed by atoms with Gasteiger partial charge in [-0.25, -0.2) is 0 Å². The first-order valence-electron chi connectivity index (χ1n) is 9.49. The fourth-order valence-electron chi connectivity index (χ4n) is 4.15. The van der Waals surface area contributed by atoms with Crippen molar-refractivity contribution in [3.63, 3.8) is 0 Å². The quantitative estimate of drug-likeness (QED) is 0.875. The van der Waals surface area contributed by atoms with Crippen molar-refractivity contribution >= 4 is 0 Å². The van der Waals surface area contributed by atoms with E-state index < -0.39 is 0 Å². The number of pyridine rings is 1. The number of rotatable bonds is 6. The first-order chi connectivity index (χ1) is 12.3. The Morgan fingerprint density at radius 2 is 2.04 bits per heavy atom. The predicted octanol–water partition coefficient (Wildman–Crippen LogP) is 2.18. The third-order valence-corrected chi connectivity index (χ3v) is 5.57. The highest BCUT2D eigenvalue weighted by molar-refractivity contribution is 5.25. The minimum Gasteiger partial charge on any atom is -0.468 e. The minimum absolute atomic E-state index is 0.153. The van der Waals surface area contributed by atoms with Crippen molar-refractivity contribution in [2.45, 2.75) is 51.2 Å². The summed E-state index contributed by atoms with van der Waals surface area (Å²) in [5.41, 5.74) is 2.73. The summed E-state index contributed by atoms with van der Waals surface area (Å²) in [6.07, 6.45) is 7.34. The second-order valence-electron chi connectivity index (χ2n) is 7.24. The number of aromatic nitrogens is 1. The van der Waals surface area contributed by atoms with Crippen LogP contribution in [0.25, 0.3) is 0 Å². The Kier molecular flexibility index (Phi) is 5.04. The summed E-state index contributed by atoms with van der Waals surface area (Å²) < 4.78 is 7.42. The lowest BCUT2D eigenvalue weighted by Gasteiger charge is -2.28. The van der Waals surface area contributed by atoms with Crippen molar-refractivity contribution in [1.82, 2.24) is 14.8 Å². The van der Waals surface area contributed by atoms with E-state index in [2.05, 4.69) is 10.2 Å². The molecule has 1 fully saturated rings. The first kappa shape index (κ1) is 16.6. The van der Waals surface area contributed by atoms with Gasteiger partial charge < -0.3 is 19.2 Å². The van der Waals surface area contributed by atoms with Crippen LogP contribution < -0.4 is 10.9 Å². The van der Waals surface area contributed by atoms with E-state index in [1.54, 1.807) is 12.3 Å². The van der Waals surface area contributed by atoms with E-state index in [0.29, 0.717) is 6.04 Å². The lowest BCUT2D eigenvalue weighted by molar-refractivity contribution is 0.316. The normalized spacial score (nSPS) is 20.7. The van der Waals surface area contributed by atoms with Gasteiger partial charge in [0.1, 0.15) is 5.76 Å². The molecular formula is C20H27N3O2. The molecule has 1 N–H and O–H groups in total. The maximum Gasteiger partial charge on any atom is 0.250 e. The van der Waals surface area contributed by atoms with E-state index in [9.17, 15) is 4.79 Å². The summed E-state index contributed by atoms with van der Waals surface area (Å²) in [4.78, 5) is 14.8. The second-order valence-corrected chi connectivity index (χ2v) is 7.24. The van der Waals surface area contributed by atoms with Gasteiger partial charge in [-0.1, -0.05) is 6.07 Å². The molecule has 134 valence electrons. The van der Waals surface area contributed by atoms with Crippen LogP contribution in [0.1, 0.15) is 36.3 Å². The van der Waals surface area contributed by atoms with Gasteiger partial charge in [-0.3, -0.25) is 4.79 Å². The predicted molar refractivity (Wildman–Crippen MR) is 97.7 cm³/mol. The molecule has 1 aliphatic heterocycles. The largest absolute Gasteiger partial charge is 0.468 e. The van der Waals surface area contributed by atoms with E-state index >= 15 is 0 Å². The Hall–Kier alpha value is -1.85. The third kappa shape index (κ3) is 3.88. The van der Waals surface area contributed by atoms with Crippen LogP contribution >= 0.6 is 0 Å². The van der Waals surface area contributed by atoms with E-state index in [1.165, 1.54) is 37.2 Å². The highest BCUT2D eigenvalue weighted by Gasteiger charge is 2.22. The summed E-state index contributed by atoms with van der Waals surface area (Å²) in [6.45, 7) is 4.95. The fourth-order valence-corrected chi connectivity index (χ4v) is 4.15. The molecule has 2 aromatic heterocycles. The highest BCUT2D eigenvalue weighted by Crippen LogP contribution is 2.21. The van der Waals surface area contributed by atoms with Gasteiger partial charge in [-0.05, 0) is 62.9 Å². The Morgan fingerprint density at radius 1 is 1.16 bits per heavy atom. The second kappa shape index (κ2) is 7.58. The van der Waals surface area contributed by atoms with Crippen LogP contribution in [-0.2, 0) is 25.9 Å². The van der Waals surface area contributed by atoms with Crippen LogP contribution in [0, 0.1) is 0 Å². The molecule has 2 aromatic rings. The molecule has 2 aliphatic rings. The number of likely N-dealkylation sites (tertiary alicyclic amines) is 1. The summed E-state index contributed by atoms with van der Waals surface area (Å²) >= 11 is 0. The molecule has 0 saturated carbocycles. The van der Waals surface area contributed by atoms with Gasteiger partial charge in [-0.15, -0.1) is 0 Å². The zero-order chi connectivity index (χ0) is 17.1. The topological polar surface area (TPSA) is 50.4 Å². The van der Waals surface area contributed by atoms with Gasteiger partial charge >= 0.3 is 0 Å². The van der Waals surface area contributed by atoms with Gasteiger partial charge in [0.25, 0.3) is 5.56 Å². The zero-order valence-corrected chi connectivity index (χ0v) is 14.7. The van der Waals surface area contributed by atoms with Crippen molar-refractivity contribution in [1.29, 1.82) is 0 Å². The van der Waals surface area contributed by atoms with Gasteiger partial charge in [-0.2, -0.15) is 0 Å². The van der Waals surface area contributed by atoms with E-state index in [4.69, 9.17) is 4.42 Å². The molecule has 1 aliphatic carbocycles. The molecule has 0 bridgehead atoms. The van der Waals surface area contributed by atoms with E-state index in [0.717, 1.165) is 44.7 Å². The maximum atomic E-state index is 12.4. The van der Waals surface area contributed by atoms with E-state index in [-0.39, 0.29) is 5.56 Å². The van der Waals surface area contributed by atoms with Gasteiger partial charge in [0, 0.05) is 30.9 Å². The molecule has 0 amide bonds. The summed E-state index contributed by atoms with van der Waals surface area (Å²) in [5.74, 6) is 0.974. The molecule has 3 heterocycles. The number of fused-ring (bicyclic) bond motifs is 1. The molecule has 0 spiro atoms. The molecule has 5 heteroatoms. The zero-order valence-electron chi connectivity index (χ0n) is 14.7. The fraction of sp³-hybridized carbons (Fsp3) is 0.550. The molecule has 1 saturated heterocycles. The lowest BCUT2D eigenvalue weighted by Crippen LogP contribution is -2.38. The molecule has 4 rings (SSSR count).